The third-order valence-electron chi connectivity index (χ3n) is 5.87. The number of halogens is 1. The summed E-state index contributed by atoms with van der Waals surface area (Å²) in [6.45, 7) is 4.62. The lowest BCUT2D eigenvalue weighted by Crippen LogP contribution is -2.34. The van der Waals surface area contributed by atoms with Crippen LogP contribution in [0.5, 0.6) is 5.88 Å². The lowest BCUT2D eigenvalue weighted by Gasteiger charge is -2.22. The van der Waals surface area contributed by atoms with Gasteiger partial charge in [0.05, 0.1) is 30.5 Å². The van der Waals surface area contributed by atoms with Gasteiger partial charge in [-0.15, -0.1) is 0 Å². The minimum Gasteiger partial charge on any atom is -0.481 e. The molecule has 1 N–H and O–H groups in total. The Hall–Kier alpha value is -4.13. The van der Waals surface area contributed by atoms with E-state index in [-0.39, 0.29) is 23.4 Å². The van der Waals surface area contributed by atoms with Gasteiger partial charge in [0.25, 0.3) is 0 Å². The lowest BCUT2D eigenvalue weighted by atomic mass is 10.0. The van der Waals surface area contributed by atoms with E-state index in [1.165, 1.54) is 25.6 Å². The molecule has 2 atom stereocenters. The highest BCUT2D eigenvalue weighted by Crippen LogP contribution is 2.27. The van der Waals surface area contributed by atoms with Crippen molar-refractivity contribution in [3.8, 4) is 23.3 Å². The molecule has 0 bridgehead atoms. The van der Waals surface area contributed by atoms with Gasteiger partial charge in [-0.2, -0.15) is 5.26 Å². The third kappa shape index (κ3) is 4.78. The predicted molar refractivity (Wildman–Crippen MR) is 122 cm³/mol. The molecular weight excluding hydrogens is 437 g/mol. The van der Waals surface area contributed by atoms with E-state index in [1.807, 2.05) is 25.1 Å². The Balaban J connectivity index is 1.40. The fourth-order valence-corrected chi connectivity index (χ4v) is 3.97. The maximum absolute atomic E-state index is 14.3. The molecule has 1 amide bonds. The number of hydrogen-bond acceptors (Lipinski definition) is 8. The van der Waals surface area contributed by atoms with Crippen LogP contribution < -0.4 is 10.1 Å². The number of methoxy groups -OCH3 is 1. The SMILES string of the molecule is COc1cc([C@@H](C)C(=O)N2CC[C@H](Nc3ccc(-c4ncc(C#N)cn4)c(C)n3)C2)c(F)cn1. The van der Waals surface area contributed by atoms with Crippen LogP contribution in [0.25, 0.3) is 11.4 Å². The normalized spacial score (nSPS) is 16.1. The Morgan fingerprint density at radius 3 is 2.74 bits per heavy atom. The number of aromatic nitrogens is 4. The fourth-order valence-electron chi connectivity index (χ4n) is 3.97. The molecule has 3 aromatic heterocycles. The van der Waals surface area contributed by atoms with Crippen molar-refractivity contribution in [2.75, 3.05) is 25.5 Å². The van der Waals surface area contributed by atoms with Crippen LogP contribution in [0.1, 0.15) is 36.1 Å². The zero-order chi connectivity index (χ0) is 24.2. The molecule has 0 aromatic carbocycles. The van der Waals surface area contributed by atoms with E-state index in [4.69, 9.17) is 10.00 Å². The second-order valence-corrected chi connectivity index (χ2v) is 8.12. The van der Waals surface area contributed by atoms with Crippen molar-refractivity contribution in [1.82, 2.24) is 24.8 Å². The van der Waals surface area contributed by atoms with Crippen molar-refractivity contribution in [1.29, 1.82) is 5.26 Å². The zero-order valence-electron chi connectivity index (χ0n) is 19.1. The molecule has 0 aliphatic carbocycles. The van der Waals surface area contributed by atoms with Crippen molar-refractivity contribution in [3.05, 3.63) is 59.4 Å². The molecule has 4 heterocycles. The van der Waals surface area contributed by atoms with Gasteiger partial charge in [0.1, 0.15) is 17.7 Å². The smallest absolute Gasteiger partial charge is 0.230 e. The Morgan fingerprint density at radius 2 is 2.06 bits per heavy atom. The number of anilines is 1. The molecule has 4 rings (SSSR count). The summed E-state index contributed by atoms with van der Waals surface area (Å²) in [5, 5.41) is 12.3. The number of nitriles is 1. The summed E-state index contributed by atoms with van der Waals surface area (Å²) in [7, 11) is 1.45. The van der Waals surface area contributed by atoms with E-state index in [0.29, 0.717) is 30.3 Å². The third-order valence-corrected chi connectivity index (χ3v) is 5.87. The number of nitrogens with zero attached hydrogens (tertiary/aromatic N) is 6. The maximum Gasteiger partial charge on any atom is 0.230 e. The molecule has 9 nitrogen and oxygen atoms in total. The lowest BCUT2D eigenvalue weighted by molar-refractivity contribution is -0.131. The van der Waals surface area contributed by atoms with E-state index in [1.54, 1.807) is 11.8 Å². The molecule has 1 saturated heterocycles. The quantitative estimate of drug-likeness (QED) is 0.595. The van der Waals surface area contributed by atoms with Gasteiger partial charge in [-0.1, -0.05) is 0 Å². The number of likely N-dealkylation sites (tertiary alicyclic amines) is 1. The van der Waals surface area contributed by atoms with Gasteiger partial charge in [0.15, 0.2) is 5.82 Å². The molecule has 1 aliphatic heterocycles. The van der Waals surface area contributed by atoms with Gasteiger partial charge in [-0.3, -0.25) is 4.79 Å². The van der Waals surface area contributed by atoms with Gasteiger partial charge >= 0.3 is 0 Å². The number of carbonyl (C=O) groups is 1. The zero-order valence-corrected chi connectivity index (χ0v) is 19.1. The van der Waals surface area contributed by atoms with Crippen molar-refractivity contribution >= 4 is 11.7 Å². The molecule has 0 saturated carbocycles. The number of carbonyl (C=O) groups excluding carboxylic acids is 1. The summed E-state index contributed by atoms with van der Waals surface area (Å²) in [5.41, 5.74) is 2.19. The Kier molecular flexibility index (Phi) is 6.63. The molecule has 1 fully saturated rings. The van der Waals surface area contributed by atoms with Crippen LogP contribution in [-0.2, 0) is 4.79 Å². The minimum atomic E-state index is -0.650. The first-order chi connectivity index (χ1) is 16.4. The van der Waals surface area contributed by atoms with E-state index in [9.17, 15) is 9.18 Å². The monoisotopic (exact) mass is 461 g/mol. The average molecular weight is 462 g/mol. The second-order valence-electron chi connectivity index (χ2n) is 8.12. The number of nitrogens with one attached hydrogen (secondary N) is 1. The van der Waals surface area contributed by atoms with E-state index >= 15 is 0 Å². The summed E-state index contributed by atoms with van der Waals surface area (Å²) in [5.74, 6) is 0.140. The van der Waals surface area contributed by atoms with Crippen LogP contribution >= 0.6 is 0 Å². The highest BCUT2D eigenvalue weighted by Gasteiger charge is 2.31. The summed E-state index contributed by atoms with van der Waals surface area (Å²) in [6.07, 6.45) is 4.79. The number of ether oxygens (including phenoxy) is 1. The molecule has 174 valence electrons. The van der Waals surface area contributed by atoms with Crippen LogP contribution in [-0.4, -0.2) is 57.0 Å². The van der Waals surface area contributed by atoms with E-state index in [0.717, 1.165) is 23.9 Å². The van der Waals surface area contributed by atoms with Crippen molar-refractivity contribution in [2.45, 2.75) is 32.2 Å². The van der Waals surface area contributed by atoms with Crippen molar-refractivity contribution in [2.24, 2.45) is 0 Å². The number of amides is 1. The number of rotatable bonds is 6. The number of hydrogen-bond donors (Lipinski definition) is 1. The minimum absolute atomic E-state index is 0.0249. The molecule has 1 aliphatic rings. The van der Waals surface area contributed by atoms with Crippen LogP contribution in [0.3, 0.4) is 0 Å². The molecule has 3 aromatic rings. The first-order valence-corrected chi connectivity index (χ1v) is 10.8. The Morgan fingerprint density at radius 1 is 1.29 bits per heavy atom. The number of aryl methyl sites for hydroxylation is 1. The summed E-state index contributed by atoms with van der Waals surface area (Å²) in [6, 6.07) is 7.22. The molecule has 0 unspecified atom stereocenters. The van der Waals surface area contributed by atoms with Gasteiger partial charge < -0.3 is 15.0 Å². The van der Waals surface area contributed by atoms with Crippen LogP contribution in [0, 0.1) is 24.1 Å². The highest BCUT2D eigenvalue weighted by atomic mass is 19.1. The van der Waals surface area contributed by atoms with Crippen LogP contribution in [0.15, 0.2) is 36.8 Å². The Bertz CT molecular complexity index is 1240. The summed E-state index contributed by atoms with van der Waals surface area (Å²) >= 11 is 0. The maximum atomic E-state index is 14.3. The summed E-state index contributed by atoms with van der Waals surface area (Å²) < 4.78 is 19.3. The first-order valence-electron chi connectivity index (χ1n) is 10.8. The van der Waals surface area contributed by atoms with Crippen LogP contribution in [0.2, 0.25) is 0 Å². The summed E-state index contributed by atoms with van der Waals surface area (Å²) in [4.78, 5) is 31.6. The van der Waals surface area contributed by atoms with E-state index < -0.39 is 11.7 Å². The Labute approximate surface area is 196 Å². The van der Waals surface area contributed by atoms with Gasteiger partial charge in [-0.25, -0.2) is 24.3 Å². The molecular formula is C24H24FN7O2. The highest BCUT2D eigenvalue weighted by molar-refractivity contribution is 5.83. The predicted octanol–water partition coefficient (Wildman–Crippen LogP) is 3.08. The molecule has 0 spiro atoms. The van der Waals surface area contributed by atoms with Crippen LogP contribution in [0.4, 0.5) is 10.2 Å². The molecule has 34 heavy (non-hydrogen) atoms. The fraction of sp³-hybridized carbons (Fsp3) is 0.333. The van der Waals surface area contributed by atoms with Gasteiger partial charge in [0, 0.05) is 48.7 Å². The van der Waals surface area contributed by atoms with Gasteiger partial charge in [-0.05, 0) is 32.4 Å². The second kappa shape index (κ2) is 9.79. The standard InChI is InChI=1S/C24H24FN7O2/c1-14(19-8-22(34-3)27-12-20(19)25)24(33)32-7-6-17(13-32)31-21-5-4-18(15(2)30-21)23-28-10-16(9-26)11-29-23/h4-5,8,10-12,14,17H,6-7,13H2,1-3H3,(H,30,31)/t14-,17+/m1/s1. The number of pyridine rings is 2. The molecule has 10 heteroatoms. The largest absolute Gasteiger partial charge is 0.481 e. The topological polar surface area (TPSA) is 117 Å². The molecule has 0 radical (unpaired) electrons. The van der Waals surface area contributed by atoms with Crippen molar-refractivity contribution in [3.63, 3.8) is 0 Å². The van der Waals surface area contributed by atoms with Gasteiger partial charge in [0.2, 0.25) is 11.8 Å². The average Bonchev–Trinajstić information content (AvgIpc) is 3.32. The first kappa shape index (κ1) is 23.0. The van der Waals surface area contributed by atoms with E-state index in [2.05, 4.69) is 25.3 Å². The van der Waals surface area contributed by atoms with Crippen molar-refractivity contribution < 1.29 is 13.9 Å².